The molecule has 0 aromatic heterocycles. The summed E-state index contributed by atoms with van der Waals surface area (Å²) in [4.78, 5) is 12.0. The molecule has 0 atom stereocenters. The maximum Gasteiger partial charge on any atom is 0.223 e. The first-order valence-electron chi connectivity index (χ1n) is 6.87. The van der Waals surface area contributed by atoms with Crippen molar-refractivity contribution in [2.75, 3.05) is 6.54 Å². The maximum atomic E-state index is 12.0. The van der Waals surface area contributed by atoms with Gasteiger partial charge in [0.25, 0.3) is 0 Å². The smallest absolute Gasteiger partial charge is 0.223 e. The van der Waals surface area contributed by atoms with Gasteiger partial charge in [0, 0.05) is 19.0 Å². The standard InChI is InChI=1S/C15H22N2O2/c16-11-15(19)8-6-13(7-9-15)14(18)17-10-12-4-2-1-3-5-12/h1-5,13,19H,6-11,16H2,(H,17,18). The second-order valence-corrected chi connectivity index (χ2v) is 5.41. The number of rotatable bonds is 4. The van der Waals surface area contributed by atoms with Gasteiger partial charge in [-0.3, -0.25) is 4.79 Å². The number of hydrogen-bond acceptors (Lipinski definition) is 3. The average molecular weight is 262 g/mol. The van der Waals surface area contributed by atoms with Gasteiger partial charge in [-0.05, 0) is 31.2 Å². The molecule has 1 fully saturated rings. The summed E-state index contributed by atoms with van der Waals surface area (Å²) in [5.41, 5.74) is 5.89. The van der Waals surface area contributed by atoms with Crippen molar-refractivity contribution in [2.24, 2.45) is 11.7 Å². The maximum absolute atomic E-state index is 12.0. The van der Waals surface area contributed by atoms with Crippen LogP contribution < -0.4 is 11.1 Å². The van der Waals surface area contributed by atoms with Crippen LogP contribution in [0.2, 0.25) is 0 Å². The molecule has 1 aliphatic rings. The topological polar surface area (TPSA) is 75.3 Å². The predicted octanol–water partition coefficient (Wildman–Crippen LogP) is 1.18. The largest absolute Gasteiger partial charge is 0.389 e. The lowest BCUT2D eigenvalue weighted by molar-refractivity contribution is -0.127. The van der Waals surface area contributed by atoms with Gasteiger partial charge < -0.3 is 16.2 Å². The van der Waals surface area contributed by atoms with Crippen LogP contribution in [0.25, 0.3) is 0 Å². The Hall–Kier alpha value is -1.39. The molecule has 104 valence electrons. The van der Waals surface area contributed by atoms with E-state index in [2.05, 4.69) is 5.32 Å². The number of carbonyl (C=O) groups excluding carboxylic acids is 1. The molecule has 1 aromatic rings. The Kier molecular flexibility index (Phi) is 4.56. The zero-order chi connectivity index (χ0) is 13.7. The number of hydrogen-bond donors (Lipinski definition) is 3. The van der Waals surface area contributed by atoms with Crippen LogP contribution >= 0.6 is 0 Å². The van der Waals surface area contributed by atoms with Crippen LogP contribution in [0.5, 0.6) is 0 Å². The minimum atomic E-state index is -0.754. The molecule has 0 spiro atoms. The van der Waals surface area contributed by atoms with Crippen molar-refractivity contribution < 1.29 is 9.90 Å². The average Bonchev–Trinajstić information content (AvgIpc) is 2.47. The molecule has 4 N–H and O–H groups in total. The fourth-order valence-corrected chi connectivity index (χ4v) is 2.55. The normalized spacial score (nSPS) is 26.9. The lowest BCUT2D eigenvalue weighted by Gasteiger charge is -2.34. The molecule has 0 heterocycles. The molecule has 0 aliphatic heterocycles. The Morgan fingerprint density at radius 2 is 1.95 bits per heavy atom. The summed E-state index contributed by atoms with van der Waals surface area (Å²) in [6, 6.07) is 9.87. The van der Waals surface area contributed by atoms with Crippen molar-refractivity contribution in [2.45, 2.75) is 37.8 Å². The first-order valence-corrected chi connectivity index (χ1v) is 6.87. The molecule has 4 nitrogen and oxygen atoms in total. The Morgan fingerprint density at radius 3 is 2.53 bits per heavy atom. The highest BCUT2D eigenvalue weighted by Crippen LogP contribution is 2.31. The van der Waals surface area contributed by atoms with E-state index < -0.39 is 5.60 Å². The Balaban J connectivity index is 1.79. The number of carbonyl (C=O) groups is 1. The lowest BCUT2D eigenvalue weighted by Crippen LogP contribution is -2.44. The highest BCUT2D eigenvalue weighted by molar-refractivity contribution is 5.78. The number of aliphatic hydroxyl groups is 1. The minimum absolute atomic E-state index is 0.00976. The molecule has 1 aliphatic carbocycles. The molecule has 0 bridgehead atoms. The fourth-order valence-electron chi connectivity index (χ4n) is 2.55. The summed E-state index contributed by atoms with van der Waals surface area (Å²) in [7, 11) is 0. The second kappa shape index (κ2) is 6.17. The Bertz CT molecular complexity index is 411. The quantitative estimate of drug-likeness (QED) is 0.762. The molecule has 4 heteroatoms. The van der Waals surface area contributed by atoms with Crippen molar-refractivity contribution in [1.29, 1.82) is 0 Å². The third-order valence-corrected chi connectivity index (χ3v) is 3.98. The van der Waals surface area contributed by atoms with Crippen LogP contribution in [0.3, 0.4) is 0 Å². The Morgan fingerprint density at radius 1 is 1.32 bits per heavy atom. The van der Waals surface area contributed by atoms with E-state index in [1.165, 1.54) is 0 Å². The van der Waals surface area contributed by atoms with Crippen LogP contribution in [0.15, 0.2) is 30.3 Å². The van der Waals surface area contributed by atoms with Gasteiger partial charge in [-0.25, -0.2) is 0 Å². The summed E-state index contributed by atoms with van der Waals surface area (Å²) in [6.45, 7) is 0.850. The van der Waals surface area contributed by atoms with Gasteiger partial charge in [0.1, 0.15) is 0 Å². The van der Waals surface area contributed by atoms with Crippen LogP contribution in [-0.4, -0.2) is 23.2 Å². The molecule has 1 amide bonds. The molecule has 0 saturated heterocycles. The van der Waals surface area contributed by atoms with Crippen LogP contribution in [0, 0.1) is 5.92 Å². The van der Waals surface area contributed by atoms with Gasteiger partial charge in [-0.15, -0.1) is 0 Å². The van der Waals surface area contributed by atoms with E-state index in [0.29, 0.717) is 32.2 Å². The number of nitrogens with two attached hydrogens (primary N) is 1. The summed E-state index contributed by atoms with van der Waals surface area (Å²) >= 11 is 0. The van der Waals surface area contributed by atoms with E-state index in [1.807, 2.05) is 30.3 Å². The van der Waals surface area contributed by atoms with E-state index >= 15 is 0 Å². The zero-order valence-electron chi connectivity index (χ0n) is 11.1. The fraction of sp³-hybridized carbons (Fsp3) is 0.533. The third kappa shape index (κ3) is 3.78. The minimum Gasteiger partial charge on any atom is -0.389 e. The number of benzene rings is 1. The van der Waals surface area contributed by atoms with Gasteiger partial charge >= 0.3 is 0 Å². The number of amides is 1. The lowest BCUT2D eigenvalue weighted by atomic mass is 9.78. The van der Waals surface area contributed by atoms with Crippen molar-refractivity contribution in [1.82, 2.24) is 5.32 Å². The van der Waals surface area contributed by atoms with Gasteiger partial charge in [0.15, 0.2) is 0 Å². The van der Waals surface area contributed by atoms with E-state index in [4.69, 9.17) is 5.73 Å². The summed E-state index contributed by atoms with van der Waals surface area (Å²) in [6.07, 6.45) is 2.67. The second-order valence-electron chi connectivity index (χ2n) is 5.41. The molecular weight excluding hydrogens is 240 g/mol. The van der Waals surface area contributed by atoms with Gasteiger partial charge in [-0.2, -0.15) is 0 Å². The van der Waals surface area contributed by atoms with Gasteiger partial charge in [-0.1, -0.05) is 30.3 Å². The summed E-state index contributed by atoms with van der Waals surface area (Å²) in [5.74, 6) is 0.0958. The molecule has 0 radical (unpaired) electrons. The monoisotopic (exact) mass is 262 g/mol. The van der Waals surface area contributed by atoms with Crippen LogP contribution in [0.4, 0.5) is 0 Å². The highest BCUT2D eigenvalue weighted by atomic mass is 16.3. The van der Waals surface area contributed by atoms with Crippen LogP contribution in [-0.2, 0) is 11.3 Å². The van der Waals surface area contributed by atoms with Crippen molar-refractivity contribution in [3.63, 3.8) is 0 Å². The highest BCUT2D eigenvalue weighted by Gasteiger charge is 2.34. The van der Waals surface area contributed by atoms with E-state index in [0.717, 1.165) is 5.56 Å². The van der Waals surface area contributed by atoms with Crippen molar-refractivity contribution >= 4 is 5.91 Å². The van der Waals surface area contributed by atoms with Crippen LogP contribution in [0.1, 0.15) is 31.2 Å². The van der Waals surface area contributed by atoms with E-state index in [-0.39, 0.29) is 18.4 Å². The third-order valence-electron chi connectivity index (χ3n) is 3.98. The molecule has 2 rings (SSSR count). The first kappa shape index (κ1) is 14.0. The van der Waals surface area contributed by atoms with Crippen molar-refractivity contribution in [3.8, 4) is 0 Å². The van der Waals surface area contributed by atoms with E-state index in [9.17, 15) is 9.90 Å². The van der Waals surface area contributed by atoms with Gasteiger partial charge in [0.05, 0.1) is 5.60 Å². The Labute approximate surface area is 114 Å². The predicted molar refractivity (Wildman–Crippen MR) is 74.3 cm³/mol. The zero-order valence-corrected chi connectivity index (χ0v) is 11.1. The summed E-state index contributed by atoms with van der Waals surface area (Å²) in [5, 5.41) is 13.0. The molecule has 1 saturated carbocycles. The molecular formula is C15H22N2O2. The molecule has 1 aromatic carbocycles. The van der Waals surface area contributed by atoms with Gasteiger partial charge in [0.2, 0.25) is 5.91 Å². The number of nitrogens with one attached hydrogen (secondary N) is 1. The molecule has 19 heavy (non-hydrogen) atoms. The van der Waals surface area contributed by atoms with Crippen molar-refractivity contribution in [3.05, 3.63) is 35.9 Å². The SMILES string of the molecule is NCC1(O)CCC(C(=O)NCc2ccccc2)CC1. The van der Waals surface area contributed by atoms with E-state index in [1.54, 1.807) is 0 Å². The summed E-state index contributed by atoms with van der Waals surface area (Å²) < 4.78 is 0. The first-order chi connectivity index (χ1) is 9.13. The molecule has 0 unspecified atom stereocenters.